The van der Waals surface area contributed by atoms with E-state index >= 15 is 0 Å². The molecule has 17 unspecified atom stereocenters. The summed E-state index contributed by atoms with van der Waals surface area (Å²) in [6, 6.07) is 0. The highest BCUT2D eigenvalue weighted by Gasteiger charge is 2.74. The van der Waals surface area contributed by atoms with Gasteiger partial charge in [-0.1, -0.05) is 137 Å². The van der Waals surface area contributed by atoms with Crippen LogP contribution in [0.15, 0.2) is 0 Å². The van der Waals surface area contributed by atoms with E-state index in [1.54, 1.807) is 0 Å². The first-order chi connectivity index (χ1) is 19.3. The fourth-order valence-corrected chi connectivity index (χ4v) is 15.4. The molecule has 0 heterocycles. The molecule has 0 bridgehead atoms. The molecule has 4 rings (SSSR count). The molecule has 4 fully saturated rings. The summed E-state index contributed by atoms with van der Waals surface area (Å²) in [4.78, 5) is 0. The third kappa shape index (κ3) is 4.76. The summed E-state index contributed by atoms with van der Waals surface area (Å²) in [5.41, 5.74) is 1.62. The second-order valence-electron chi connectivity index (χ2n) is 19.9. The summed E-state index contributed by atoms with van der Waals surface area (Å²) >= 11 is 0. The lowest BCUT2D eigenvalue weighted by molar-refractivity contribution is -0.303. The number of hydrogen-bond acceptors (Lipinski definition) is 0. The Morgan fingerprint density at radius 2 is 1.38 bits per heavy atom. The van der Waals surface area contributed by atoms with Crippen LogP contribution in [-0.4, -0.2) is 0 Å². The van der Waals surface area contributed by atoms with E-state index in [9.17, 15) is 0 Å². The van der Waals surface area contributed by atoms with Gasteiger partial charge in [-0.2, -0.15) is 0 Å². The highest BCUT2D eigenvalue weighted by atomic mass is 14.8. The third-order valence-electron chi connectivity index (χ3n) is 17.3. The molecule has 246 valence electrons. The maximum atomic E-state index is 2.90. The van der Waals surface area contributed by atoms with Crippen molar-refractivity contribution in [3.8, 4) is 0 Å². The molecule has 0 saturated heterocycles. The number of fused-ring (bicyclic) bond motifs is 3. The van der Waals surface area contributed by atoms with Crippen LogP contribution in [0.5, 0.6) is 0 Å². The van der Waals surface area contributed by atoms with Crippen molar-refractivity contribution in [2.24, 2.45) is 110 Å². The van der Waals surface area contributed by atoms with Gasteiger partial charge in [-0.05, 0) is 130 Å². The van der Waals surface area contributed by atoms with Crippen molar-refractivity contribution in [1.29, 1.82) is 0 Å². The van der Waals surface area contributed by atoms with E-state index in [4.69, 9.17) is 0 Å². The molecule has 4 aliphatic rings. The lowest BCUT2D eigenvalue weighted by Gasteiger charge is -2.78. The first-order valence-electron chi connectivity index (χ1n) is 19.3. The maximum absolute atomic E-state index is 2.90. The van der Waals surface area contributed by atoms with Gasteiger partial charge < -0.3 is 0 Å². The van der Waals surface area contributed by atoms with Gasteiger partial charge in [0.2, 0.25) is 0 Å². The molecule has 0 aromatic heterocycles. The minimum absolute atomic E-state index is 0.391. The summed E-state index contributed by atoms with van der Waals surface area (Å²) in [6.45, 7) is 45.4. The van der Waals surface area contributed by atoms with Crippen molar-refractivity contribution < 1.29 is 0 Å². The average molecular weight is 583 g/mol. The molecule has 42 heavy (non-hydrogen) atoms. The fourth-order valence-electron chi connectivity index (χ4n) is 15.4. The smallest absolute Gasteiger partial charge is 0.0212 e. The van der Waals surface area contributed by atoms with Crippen LogP contribution in [-0.2, 0) is 0 Å². The van der Waals surface area contributed by atoms with E-state index in [-0.39, 0.29) is 0 Å². The summed E-state index contributed by atoms with van der Waals surface area (Å²) in [5, 5.41) is 0. The van der Waals surface area contributed by atoms with Gasteiger partial charge in [0.25, 0.3) is 0 Å². The molecule has 0 aromatic rings. The van der Waals surface area contributed by atoms with Crippen molar-refractivity contribution in [3.05, 3.63) is 0 Å². The van der Waals surface area contributed by atoms with E-state index in [1.807, 2.05) is 0 Å². The Morgan fingerprint density at radius 3 is 1.88 bits per heavy atom. The molecule has 0 spiro atoms. The molecule has 4 aliphatic carbocycles. The van der Waals surface area contributed by atoms with Crippen molar-refractivity contribution in [3.63, 3.8) is 0 Å². The average Bonchev–Trinajstić information content (AvgIpc) is 2.87. The summed E-state index contributed by atoms with van der Waals surface area (Å²) in [5.74, 6) is 12.5. The Bertz CT molecular complexity index is 923. The van der Waals surface area contributed by atoms with Gasteiger partial charge in [-0.3, -0.25) is 0 Å². The SMILES string of the molecule is CCCC1CC(C(C)(C)C)C(C)C2C(C)C3C(C)C4(C)C(C)C(C(C)C)C(C)CC4(C)C(CC(C)CC)C3(C)C(C)C12. The monoisotopic (exact) mass is 583 g/mol. The number of rotatable bonds is 6. The molecular formula is C42H78. The summed E-state index contributed by atoms with van der Waals surface area (Å²) in [7, 11) is 0. The highest BCUT2D eigenvalue weighted by Crippen LogP contribution is 2.79. The van der Waals surface area contributed by atoms with Gasteiger partial charge in [-0.25, -0.2) is 0 Å². The highest BCUT2D eigenvalue weighted by molar-refractivity contribution is 5.21. The Balaban J connectivity index is 1.96. The molecule has 17 atom stereocenters. The Labute approximate surface area is 266 Å². The largest absolute Gasteiger partial charge is 0.0654 e. The molecule has 0 amide bonds. The maximum Gasteiger partial charge on any atom is -0.0212 e. The van der Waals surface area contributed by atoms with Gasteiger partial charge in [0, 0.05) is 0 Å². The second kappa shape index (κ2) is 11.7. The van der Waals surface area contributed by atoms with E-state index in [0.717, 1.165) is 88.8 Å². The zero-order valence-electron chi connectivity index (χ0n) is 31.9. The molecular weight excluding hydrogens is 504 g/mol. The van der Waals surface area contributed by atoms with Crippen molar-refractivity contribution >= 4 is 0 Å². The zero-order valence-corrected chi connectivity index (χ0v) is 31.9. The Hall–Kier alpha value is 0. The molecule has 0 radical (unpaired) electrons. The van der Waals surface area contributed by atoms with Gasteiger partial charge >= 0.3 is 0 Å². The van der Waals surface area contributed by atoms with E-state index < -0.39 is 0 Å². The van der Waals surface area contributed by atoms with Crippen LogP contribution >= 0.6 is 0 Å². The van der Waals surface area contributed by atoms with E-state index in [0.29, 0.717) is 21.7 Å². The third-order valence-corrected chi connectivity index (χ3v) is 17.3. The van der Waals surface area contributed by atoms with Crippen LogP contribution in [0.3, 0.4) is 0 Å². The van der Waals surface area contributed by atoms with Gasteiger partial charge in [0.1, 0.15) is 0 Å². The van der Waals surface area contributed by atoms with E-state index in [2.05, 4.69) is 118 Å². The lowest BCUT2D eigenvalue weighted by Crippen LogP contribution is -2.73. The van der Waals surface area contributed by atoms with Gasteiger partial charge in [0.15, 0.2) is 0 Å². The van der Waals surface area contributed by atoms with Crippen LogP contribution in [0, 0.1) is 110 Å². The second-order valence-corrected chi connectivity index (χ2v) is 19.9. The van der Waals surface area contributed by atoms with Gasteiger partial charge in [-0.15, -0.1) is 0 Å². The predicted molar refractivity (Wildman–Crippen MR) is 186 cm³/mol. The number of hydrogen-bond donors (Lipinski definition) is 0. The molecule has 0 N–H and O–H groups in total. The van der Waals surface area contributed by atoms with Crippen molar-refractivity contribution in [2.75, 3.05) is 0 Å². The van der Waals surface area contributed by atoms with Crippen LogP contribution in [0.2, 0.25) is 0 Å². The van der Waals surface area contributed by atoms with Crippen LogP contribution in [0.4, 0.5) is 0 Å². The molecule has 0 aromatic carbocycles. The first-order valence-corrected chi connectivity index (χ1v) is 19.3. The predicted octanol–water partition coefficient (Wildman–Crippen LogP) is 12.9. The summed E-state index contributed by atoms with van der Waals surface area (Å²) in [6.07, 6.45) is 8.50. The minimum Gasteiger partial charge on any atom is -0.0654 e. The van der Waals surface area contributed by atoms with E-state index in [1.165, 1.54) is 38.5 Å². The quantitative estimate of drug-likeness (QED) is 0.292. The van der Waals surface area contributed by atoms with Crippen LogP contribution in [0.25, 0.3) is 0 Å². The normalized spacial score (nSPS) is 53.7. The van der Waals surface area contributed by atoms with Crippen LogP contribution < -0.4 is 0 Å². The molecule has 0 heteroatoms. The lowest BCUT2D eigenvalue weighted by atomic mass is 9.27. The van der Waals surface area contributed by atoms with Crippen molar-refractivity contribution in [1.82, 2.24) is 0 Å². The zero-order chi connectivity index (χ0) is 31.9. The Morgan fingerprint density at radius 1 is 0.786 bits per heavy atom. The minimum atomic E-state index is 0.391. The Kier molecular flexibility index (Phi) is 9.68. The standard InChI is InChI=1S/C42H78/c1-18-20-32-22-33(39(12,13)14)27(7)36-28(8)38-31(11)42(17)30(10)35(24(3)4)26(6)23-40(42,15)34(21-25(5)19-2)41(38,16)29(9)37(32)36/h24-38H,18-23H2,1-17H3. The topological polar surface area (TPSA) is 0 Å². The molecule has 0 nitrogen and oxygen atoms in total. The van der Waals surface area contributed by atoms with Gasteiger partial charge in [0.05, 0.1) is 0 Å². The first kappa shape index (κ1) is 34.9. The van der Waals surface area contributed by atoms with Crippen molar-refractivity contribution in [2.45, 2.75) is 156 Å². The molecule has 0 aliphatic heterocycles. The summed E-state index contributed by atoms with van der Waals surface area (Å²) < 4.78 is 0. The fraction of sp³-hybridized carbons (Fsp3) is 1.00. The molecule has 4 saturated carbocycles. The van der Waals surface area contributed by atoms with Crippen LogP contribution in [0.1, 0.15) is 156 Å².